The van der Waals surface area contributed by atoms with Gasteiger partial charge < -0.3 is 20.1 Å². The summed E-state index contributed by atoms with van der Waals surface area (Å²) in [4.78, 5) is 29.0. The number of imidazole rings is 1. The highest BCUT2D eigenvalue weighted by atomic mass is 35.5. The highest BCUT2D eigenvalue weighted by molar-refractivity contribution is 6.34. The molecule has 0 atom stereocenters. The monoisotopic (exact) mass is 295 g/mol. The van der Waals surface area contributed by atoms with Crippen LogP contribution in [0.2, 0.25) is 5.02 Å². The molecule has 0 saturated carbocycles. The van der Waals surface area contributed by atoms with Gasteiger partial charge in [0.15, 0.2) is 11.4 Å². The van der Waals surface area contributed by atoms with E-state index in [1.54, 1.807) is 12.1 Å². The van der Waals surface area contributed by atoms with Crippen molar-refractivity contribution >= 4 is 29.2 Å². The number of anilines is 1. The van der Waals surface area contributed by atoms with Gasteiger partial charge in [0.1, 0.15) is 5.75 Å². The summed E-state index contributed by atoms with van der Waals surface area (Å²) in [6.07, 6.45) is 1.13. The quantitative estimate of drug-likeness (QED) is 0.800. The van der Waals surface area contributed by atoms with Gasteiger partial charge in [0.25, 0.3) is 5.91 Å². The van der Waals surface area contributed by atoms with Crippen LogP contribution in [0.4, 0.5) is 5.69 Å². The molecule has 2 rings (SSSR count). The lowest BCUT2D eigenvalue weighted by Gasteiger charge is -2.08. The highest BCUT2D eigenvalue weighted by Gasteiger charge is 2.20. The van der Waals surface area contributed by atoms with Gasteiger partial charge in [-0.3, -0.25) is 4.79 Å². The number of carboxylic acids is 1. The van der Waals surface area contributed by atoms with Crippen LogP contribution < -0.4 is 10.1 Å². The Morgan fingerprint density at radius 1 is 1.45 bits per heavy atom. The number of aromatic carboxylic acids is 1. The zero-order valence-corrected chi connectivity index (χ0v) is 11.1. The SMILES string of the molecule is COc1ccc(Cl)c(NC(=O)c2nc[nH]c2C(=O)O)c1. The summed E-state index contributed by atoms with van der Waals surface area (Å²) >= 11 is 5.95. The Labute approximate surface area is 118 Å². The van der Waals surface area contributed by atoms with Crippen LogP contribution in [-0.2, 0) is 0 Å². The molecule has 1 heterocycles. The third kappa shape index (κ3) is 2.72. The number of hydrogen-bond acceptors (Lipinski definition) is 4. The van der Waals surface area contributed by atoms with E-state index in [1.165, 1.54) is 13.2 Å². The standard InChI is InChI=1S/C12H10ClN3O4/c1-20-6-2-3-7(13)8(4-6)16-11(17)9-10(12(18)19)15-5-14-9/h2-5H,1H3,(H,14,15)(H,16,17)(H,18,19). The van der Waals surface area contributed by atoms with Gasteiger partial charge in [-0.15, -0.1) is 0 Å². The van der Waals surface area contributed by atoms with Crippen molar-refractivity contribution < 1.29 is 19.4 Å². The minimum atomic E-state index is -1.27. The van der Waals surface area contributed by atoms with Crippen molar-refractivity contribution in [1.29, 1.82) is 0 Å². The number of aromatic amines is 1. The van der Waals surface area contributed by atoms with Crippen molar-refractivity contribution in [2.45, 2.75) is 0 Å². The van der Waals surface area contributed by atoms with Crippen LogP contribution in [0.1, 0.15) is 21.0 Å². The maximum absolute atomic E-state index is 12.0. The van der Waals surface area contributed by atoms with Crippen LogP contribution in [0.15, 0.2) is 24.5 Å². The number of carbonyl (C=O) groups is 2. The number of aromatic nitrogens is 2. The van der Waals surface area contributed by atoms with Gasteiger partial charge in [0.05, 0.1) is 24.1 Å². The first-order valence-corrected chi connectivity index (χ1v) is 5.82. The molecule has 0 saturated heterocycles. The smallest absolute Gasteiger partial charge is 0.354 e. The van der Waals surface area contributed by atoms with Crippen molar-refractivity contribution in [1.82, 2.24) is 9.97 Å². The van der Waals surface area contributed by atoms with Gasteiger partial charge >= 0.3 is 5.97 Å². The average Bonchev–Trinajstić information content (AvgIpc) is 2.90. The lowest BCUT2D eigenvalue weighted by atomic mass is 10.2. The minimum Gasteiger partial charge on any atom is -0.497 e. The number of benzene rings is 1. The molecule has 0 aliphatic heterocycles. The number of ether oxygens (including phenoxy) is 1. The number of nitrogens with one attached hydrogen (secondary N) is 2. The number of rotatable bonds is 4. The van der Waals surface area contributed by atoms with E-state index in [0.29, 0.717) is 16.5 Å². The Morgan fingerprint density at radius 3 is 2.85 bits per heavy atom. The predicted octanol–water partition coefficient (Wildman–Crippen LogP) is 2.02. The van der Waals surface area contributed by atoms with Crippen molar-refractivity contribution in [3.63, 3.8) is 0 Å². The molecular weight excluding hydrogens is 286 g/mol. The number of methoxy groups -OCH3 is 1. The van der Waals surface area contributed by atoms with E-state index in [-0.39, 0.29) is 11.4 Å². The van der Waals surface area contributed by atoms with E-state index in [4.69, 9.17) is 21.4 Å². The third-order valence-corrected chi connectivity index (χ3v) is 2.82. The summed E-state index contributed by atoms with van der Waals surface area (Å²) < 4.78 is 5.02. The molecule has 0 bridgehead atoms. The molecule has 0 unspecified atom stereocenters. The Bertz CT molecular complexity index is 668. The van der Waals surface area contributed by atoms with Gasteiger partial charge in [-0.1, -0.05) is 11.6 Å². The second-order valence-electron chi connectivity index (χ2n) is 3.73. The normalized spacial score (nSPS) is 10.1. The molecule has 0 radical (unpaired) electrons. The molecule has 8 heteroatoms. The van der Waals surface area contributed by atoms with Gasteiger partial charge in [0.2, 0.25) is 0 Å². The van der Waals surface area contributed by atoms with Crippen molar-refractivity contribution in [3.05, 3.63) is 40.9 Å². The molecule has 7 nitrogen and oxygen atoms in total. The van der Waals surface area contributed by atoms with Crippen molar-refractivity contribution in [2.75, 3.05) is 12.4 Å². The molecule has 0 aliphatic carbocycles. The number of amides is 1. The summed E-state index contributed by atoms with van der Waals surface area (Å²) in [6, 6.07) is 4.71. The Hall–Kier alpha value is -2.54. The lowest BCUT2D eigenvalue weighted by Crippen LogP contribution is -2.16. The molecular formula is C12H10ClN3O4. The van der Waals surface area contributed by atoms with Gasteiger partial charge in [-0.05, 0) is 12.1 Å². The number of hydrogen-bond donors (Lipinski definition) is 3. The second kappa shape index (κ2) is 5.62. The maximum atomic E-state index is 12.0. The summed E-state index contributed by atoms with van der Waals surface area (Å²) in [7, 11) is 1.48. The van der Waals surface area contributed by atoms with E-state index < -0.39 is 11.9 Å². The second-order valence-corrected chi connectivity index (χ2v) is 4.14. The van der Waals surface area contributed by atoms with Crippen LogP contribution in [0.3, 0.4) is 0 Å². The molecule has 1 aromatic carbocycles. The van der Waals surface area contributed by atoms with E-state index in [2.05, 4.69) is 15.3 Å². The largest absolute Gasteiger partial charge is 0.497 e. The van der Waals surface area contributed by atoms with E-state index in [0.717, 1.165) is 6.33 Å². The Balaban J connectivity index is 2.28. The zero-order valence-electron chi connectivity index (χ0n) is 10.3. The molecule has 0 aliphatic rings. The first kappa shape index (κ1) is 13.9. The summed E-state index contributed by atoms with van der Waals surface area (Å²) in [5.74, 6) is -1.45. The molecule has 0 spiro atoms. The molecule has 20 heavy (non-hydrogen) atoms. The van der Waals surface area contributed by atoms with E-state index >= 15 is 0 Å². The molecule has 2 aromatic rings. The first-order chi connectivity index (χ1) is 9.52. The molecule has 1 amide bonds. The average molecular weight is 296 g/mol. The van der Waals surface area contributed by atoms with Crippen LogP contribution in [-0.4, -0.2) is 34.1 Å². The number of H-pyrrole nitrogens is 1. The fourth-order valence-electron chi connectivity index (χ4n) is 1.54. The fourth-order valence-corrected chi connectivity index (χ4v) is 1.70. The fraction of sp³-hybridized carbons (Fsp3) is 0.0833. The highest BCUT2D eigenvalue weighted by Crippen LogP contribution is 2.27. The van der Waals surface area contributed by atoms with Gasteiger partial charge in [-0.25, -0.2) is 9.78 Å². The third-order valence-electron chi connectivity index (χ3n) is 2.49. The lowest BCUT2D eigenvalue weighted by molar-refractivity contribution is 0.0686. The summed E-state index contributed by atoms with van der Waals surface area (Å²) in [6.45, 7) is 0. The zero-order chi connectivity index (χ0) is 14.7. The van der Waals surface area contributed by atoms with Gasteiger partial charge in [0, 0.05) is 6.07 Å². The molecule has 3 N–H and O–H groups in total. The molecule has 1 aromatic heterocycles. The number of carboxylic acid groups (broad SMARTS) is 1. The number of carbonyl (C=O) groups excluding carboxylic acids is 1. The molecule has 0 fully saturated rings. The Kier molecular flexibility index (Phi) is 3.90. The van der Waals surface area contributed by atoms with Crippen molar-refractivity contribution in [2.24, 2.45) is 0 Å². The minimum absolute atomic E-state index is 0.226. The Morgan fingerprint density at radius 2 is 2.20 bits per heavy atom. The van der Waals surface area contributed by atoms with E-state index in [9.17, 15) is 9.59 Å². The van der Waals surface area contributed by atoms with Crippen LogP contribution >= 0.6 is 11.6 Å². The first-order valence-electron chi connectivity index (χ1n) is 5.44. The maximum Gasteiger partial charge on any atom is 0.354 e. The van der Waals surface area contributed by atoms with Gasteiger partial charge in [-0.2, -0.15) is 0 Å². The summed E-state index contributed by atoms with van der Waals surface area (Å²) in [5, 5.41) is 11.7. The van der Waals surface area contributed by atoms with Crippen LogP contribution in [0, 0.1) is 0 Å². The number of nitrogens with zero attached hydrogens (tertiary/aromatic N) is 1. The van der Waals surface area contributed by atoms with Crippen molar-refractivity contribution in [3.8, 4) is 5.75 Å². The summed E-state index contributed by atoms with van der Waals surface area (Å²) in [5.41, 5.74) is -0.215. The molecule has 104 valence electrons. The van der Waals surface area contributed by atoms with Crippen LogP contribution in [0.5, 0.6) is 5.75 Å². The van der Waals surface area contributed by atoms with E-state index in [1.807, 2.05) is 0 Å². The topological polar surface area (TPSA) is 104 Å². The predicted molar refractivity (Wildman–Crippen MR) is 71.5 cm³/mol. The van der Waals surface area contributed by atoms with Crippen LogP contribution in [0.25, 0.3) is 0 Å². The number of halogens is 1.